The molecule has 8 heteroatoms. The zero-order valence-electron chi connectivity index (χ0n) is 17.2. The van der Waals surface area contributed by atoms with E-state index in [-0.39, 0.29) is 21.4 Å². The third-order valence-corrected chi connectivity index (χ3v) is 7.64. The molecule has 1 N–H and O–H groups in total. The first-order valence-electron chi connectivity index (χ1n) is 10.0. The molecule has 1 aliphatic heterocycles. The highest BCUT2D eigenvalue weighted by Crippen LogP contribution is 2.29. The van der Waals surface area contributed by atoms with Gasteiger partial charge in [0.05, 0.1) is 12.1 Å². The van der Waals surface area contributed by atoms with Crippen molar-refractivity contribution in [1.82, 2.24) is 9.62 Å². The fourth-order valence-corrected chi connectivity index (χ4v) is 5.66. The van der Waals surface area contributed by atoms with E-state index >= 15 is 0 Å². The topological polar surface area (TPSA) is 75.7 Å². The highest BCUT2D eigenvalue weighted by Gasteiger charge is 2.30. The molecule has 2 aromatic rings. The third-order valence-electron chi connectivity index (χ3n) is 5.29. The number of methoxy groups -OCH3 is 1. The van der Waals surface area contributed by atoms with Gasteiger partial charge in [0.25, 0.3) is 5.91 Å². The van der Waals surface area contributed by atoms with Gasteiger partial charge in [-0.05, 0) is 61.1 Å². The van der Waals surface area contributed by atoms with Gasteiger partial charge in [0.2, 0.25) is 10.0 Å². The van der Waals surface area contributed by atoms with Gasteiger partial charge in [0.1, 0.15) is 10.6 Å². The molecule has 0 aromatic heterocycles. The molecule has 3 rings (SSSR count). The van der Waals surface area contributed by atoms with E-state index < -0.39 is 10.0 Å². The van der Waals surface area contributed by atoms with Crippen molar-refractivity contribution in [2.45, 2.75) is 31.1 Å². The fraction of sp³-hybridized carbons (Fsp3) is 0.409. The van der Waals surface area contributed by atoms with Crippen molar-refractivity contribution in [2.75, 3.05) is 26.7 Å². The molecule has 0 saturated carbocycles. The van der Waals surface area contributed by atoms with Gasteiger partial charge in [-0.1, -0.05) is 30.7 Å². The molecule has 162 valence electrons. The average Bonchev–Trinajstić information content (AvgIpc) is 2.74. The lowest BCUT2D eigenvalue weighted by Gasteiger charge is -2.30. The summed E-state index contributed by atoms with van der Waals surface area (Å²) in [7, 11) is -2.13. The molecule has 0 unspecified atom stereocenters. The molecule has 0 aliphatic carbocycles. The van der Waals surface area contributed by atoms with E-state index in [1.807, 2.05) is 31.2 Å². The number of carbonyl (C=O) groups excluding carboxylic acids is 1. The smallest absolute Gasteiger partial charge is 0.251 e. The van der Waals surface area contributed by atoms with Crippen LogP contribution in [0.1, 0.15) is 35.7 Å². The SMILES string of the molecule is COc1ccc(CCNC(=O)c2ccc(Cl)c(S(=O)(=O)N3CCC[C@@H](C)C3)c2)cc1. The van der Waals surface area contributed by atoms with E-state index in [0.717, 1.165) is 24.2 Å². The summed E-state index contributed by atoms with van der Waals surface area (Å²) in [6.07, 6.45) is 2.49. The molecule has 0 spiro atoms. The van der Waals surface area contributed by atoms with Crippen LogP contribution in [0, 0.1) is 5.92 Å². The fourth-order valence-electron chi connectivity index (χ4n) is 3.56. The lowest BCUT2D eigenvalue weighted by molar-refractivity contribution is 0.0954. The summed E-state index contributed by atoms with van der Waals surface area (Å²) in [4.78, 5) is 12.6. The lowest BCUT2D eigenvalue weighted by Crippen LogP contribution is -2.39. The Labute approximate surface area is 183 Å². The van der Waals surface area contributed by atoms with Crippen LogP contribution in [0.5, 0.6) is 5.75 Å². The Morgan fingerprint density at radius 1 is 1.23 bits per heavy atom. The number of benzene rings is 2. The number of hydrogen-bond donors (Lipinski definition) is 1. The second kappa shape index (κ2) is 9.81. The van der Waals surface area contributed by atoms with Gasteiger partial charge in [-0.15, -0.1) is 0 Å². The molecule has 1 fully saturated rings. The van der Waals surface area contributed by atoms with Gasteiger partial charge in [-0.2, -0.15) is 4.31 Å². The van der Waals surface area contributed by atoms with Crippen LogP contribution in [0.15, 0.2) is 47.4 Å². The van der Waals surface area contributed by atoms with Crippen LogP contribution < -0.4 is 10.1 Å². The zero-order chi connectivity index (χ0) is 21.7. The molecule has 1 heterocycles. The van der Waals surface area contributed by atoms with E-state index in [1.54, 1.807) is 13.2 Å². The standard InChI is InChI=1S/C22H27ClN2O4S/c1-16-4-3-13-25(15-16)30(27,28)21-14-18(7-10-20(21)23)22(26)24-12-11-17-5-8-19(29-2)9-6-17/h5-10,14,16H,3-4,11-13,15H2,1-2H3,(H,24,26)/t16-/m1/s1. The summed E-state index contributed by atoms with van der Waals surface area (Å²) in [5.41, 5.74) is 1.34. The van der Waals surface area contributed by atoms with Crippen molar-refractivity contribution in [1.29, 1.82) is 0 Å². The Kier molecular flexibility index (Phi) is 7.39. The maximum absolute atomic E-state index is 13.1. The normalized spacial score (nSPS) is 17.5. The quantitative estimate of drug-likeness (QED) is 0.697. The van der Waals surface area contributed by atoms with Crippen LogP contribution in [0.25, 0.3) is 0 Å². The molecule has 0 bridgehead atoms. The Morgan fingerprint density at radius 2 is 1.97 bits per heavy atom. The zero-order valence-corrected chi connectivity index (χ0v) is 18.8. The monoisotopic (exact) mass is 450 g/mol. The molecule has 1 saturated heterocycles. The number of sulfonamides is 1. The molecule has 0 radical (unpaired) electrons. The minimum atomic E-state index is -3.74. The largest absolute Gasteiger partial charge is 0.497 e. The lowest BCUT2D eigenvalue weighted by atomic mass is 10.0. The highest BCUT2D eigenvalue weighted by molar-refractivity contribution is 7.89. The molecule has 1 atom stereocenters. The second-order valence-corrected chi connectivity index (χ2v) is 9.92. The van der Waals surface area contributed by atoms with Crippen LogP contribution >= 0.6 is 11.6 Å². The van der Waals surface area contributed by atoms with E-state index in [2.05, 4.69) is 5.32 Å². The molecular weight excluding hydrogens is 424 g/mol. The Morgan fingerprint density at radius 3 is 2.63 bits per heavy atom. The van der Waals surface area contributed by atoms with Crippen molar-refractivity contribution >= 4 is 27.5 Å². The summed E-state index contributed by atoms with van der Waals surface area (Å²) in [6.45, 7) is 3.41. The highest BCUT2D eigenvalue weighted by atomic mass is 35.5. The number of piperidine rings is 1. The summed E-state index contributed by atoms with van der Waals surface area (Å²) in [5, 5.41) is 2.97. The first kappa shape index (κ1) is 22.6. The second-order valence-electron chi connectivity index (χ2n) is 7.61. The number of nitrogens with zero attached hydrogens (tertiary/aromatic N) is 1. The predicted molar refractivity (Wildman–Crippen MR) is 118 cm³/mol. The van der Waals surface area contributed by atoms with Crippen molar-refractivity contribution in [2.24, 2.45) is 5.92 Å². The first-order chi connectivity index (χ1) is 14.3. The number of carbonyl (C=O) groups is 1. The minimum absolute atomic E-state index is 0.0129. The average molecular weight is 451 g/mol. The van der Waals surface area contributed by atoms with Crippen molar-refractivity contribution in [3.63, 3.8) is 0 Å². The number of amides is 1. The number of halogens is 1. The van der Waals surface area contributed by atoms with Crippen molar-refractivity contribution in [3.05, 3.63) is 58.6 Å². The van der Waals surface area contributed by atoms with E-state index in [1.165, 1.54) is 16.4 Å². The van der Waals surface area contributed by atoms with Gasteiger partial charge in [-0.3, -0.25) is 4.79 Å². The van der Waals surface area contributed by atoms with Crippen LogP contribution in [0.2, 0.25) is 5.02 Å². The maximum Gasteiger partial charge on any atom is 0.251 e. The van der Waals surface area contributed by atoms with Crippen LogP contribution in [-0.4, -0.2) is 45.4 Å². The molecule has 30 heavy (non-hydrogen) atoms. The van der Waals surface area contributed by atoms with Crippen LogP contribution in [0.3, 0.4) is 0 Å². The minimum Gasteiger partial charge on any atom is -0.497 e. The van der Waals surface area contributed by atoms with Crippen molar-refractivity contribution < 1.29 is 17.9 Å². The number of rotatable bonds is 7. The molecule has 2 aromatic carbocycles. The van der Waals surface area contributed by atoms with Gasteiger partial charge < -0.3 is 10.1 Å². The molecule has 1 amide bonds. The van der Waals surface area contributed by atoms with Crippen LogP contribution in [0.4, 0.5) is 0 Å². The number of nitrogens with one attached hydrogen (secondary N) is 1. The Hall–Kier alpha value is -2.09. The Balaban J connectivity index is 1.68. The molecular formula is C22H27ClN2O4S. The van der Waals surface area contributed by atoms with E-state index in [4.69, 9.17) is 16.3 Å². The van der Waals surface area contributed by atoms with Crippen LogP contribution in [-0.2, 0) is 16.4 Å². The maximum atomic E-state index is 13.1. The molecule has 6 nitrogen and oxygen atoms in total. The number of ether oxygens (including phenoxy) is 1. The van der Waals surface area contributed by atoms with Crippen molar-refractivity contribution in [3.8, 4) is 5.75 Å². The summed E-state index contributed by atoms with van der Waals surface area (Å²) in [6, 6.07) is 12.0. The van der Waals surface area contributed by atoms with E-state index in [9.17, 15) is 13.2 Å². The first-order valence-corrected chi connectivity index (χ1v) is 11.8. The number of hydrogen-bond acceptors (Lipinski definition) is 4. The summed E-state index contributed by atoms with van der Waals surface area (Å²) in [5.74, 6) is 0.751. The predicted octanol–water partition coefficient (Wildman–Crippen LogP) is 3.74. The van der Waals surface area contributed by atoms with Gasteiger partial charge in [-0.25, -0.2) is 8.42 Å². The summed E-state index contributed by atoms with van der Waals surface area (Å²) < 4.78 is 32.8. The van der Waals surface area contributed by atoms with Gasteiger partial charge >= 0.3 is 0 Å². The van der Waals surface area contributed by atoms with Gasteiger partial charge in [0.15, 0.2) is 0 Å². The summed E-state index contributed by atoms with van der Waals surface area (Å²) >= 11 is 6.20. The third kappa shape index (κ3) is 5.33. The molecule has 1 aliphatic rings. The Bertz CT molecular complexity index is 993. The van der Waals surface area contributed by atoms with Gasteiger partial charge in [0, 0.05) is 25.2 Å². The van der Waals surface area contributed by atoms with E-state index in [0.29, 0.717) is 32.0 Å².